The number of hydrogen-bond acceptors (Lipinski definition) is 3. The smallest absolute Gasteiger partial charge is 0.315 e. The van der Waals surface area contributed by atoms with Gasteiger partial charge in [0.25, 0.3) is 0 Å². The number of ether oxygens (including phenoxy) is 1. The van der Waals surface area contributed by atoms with Crippen molar-refractivity contribution in [2.24, 2.45) is 0 Å². The van der Waals surface area contributed by atoms with Crippen LogP contribution >= 0.6 is 0 Å². The van der Waals surface area contributed by atoms with E-state index in [0.717, 1.165) is 5.56 Å². The van der Waals surface area contributed by atoms with E-state index >= 15 is 0 Å². The molecule has 0 saturated carbocycles. The van der Waals surface area contributed by atoms with E-state index in [1.165, 1.54) is 6.92 Å². The summed E-state index contributed by atoms with van der Waals surface area (Å²) in [5.74, 6) is 0.164. The molecule has 0 spiro atoms. The summed E-state index contributed by atoms with van der Waals surface area (Å²) in [4.78, 5) is 21.7. The Labute approximate surface area is 92.8 Å². The number of carbonyl (C=O) groups is 2. The zero-order valence-electron chi connectivity index (χ0n) is 8.82. The Morgan fingerprint density at radius 1 is 1.38 bits per heavy atom. The number of hydrogen-bond donors (Lipinski definition) is 2. The second kappa shape index (κ2) is 4.22. The number of amides is 2. The standard InChI is InChI=1S/C11H12N2O3/c1-7(14)16-9-4-2-8(3-5-9)10-6-12-11(15)13-10/h2-5,10H,6H2,1H3,(H2,12,13,15)/t10-/m0/s1. The van der Waals surface area contributed by atoms with Gasteiger partial charge in [0.05, 0.1) is 6.04 Å². The zero-order chi connectivity index (χ0) is 11.5. The van der Waals surface area contributed by atoms with Crippen LogP contribution in [-0.2, 0) is 4.79 Å². The van der Waals surface area contributed by atoms with Crippen molar-refractivity contribution in [1.29, 1.82) is 0 Å². The Morgan fingerprint density at radius 3 is 2.56 bits per heavy atom. The molecule has 1 saturated heterocycles. The molecule has 1 fully saturated rings. The van der Waals surface area contributed by atoms with Crippen molar-refractivity contribution >= 4 is 12.0 Å². The molecule has 0 aliphatic carbocycles. The van der Waals surface area contributed by atoms with Crippen LogP contribution < -0.4 is 15.4 Å². The summed E-state index contributed by atoms with van der Waals surface area (Å²) < 4.78 is 4.91. The van der Waals surface area contributed by atoms with Gasteiger partial charge in [-0.05, 0) is 17.7 Å². The molecule has 2 amide bonds. The minimum atomic E-state index is -0.344. The third kappa shape index (κ3) is 2.31. The zero-order valence-corrected chi connectivity index (χ0v) is 8.82. The Morgan fingerprint density at radius 2 is 2.06 bits per heavy atom. The highest BCUT2D eigenvalue weighted by atomic mass is 16.5. The summed E-state index contributed by atoms with van der Waals surface area (Å²) in [7, 11) is 0. The lowest BCUT2D eigenvalue weighted by Gasteiger charge is -2.09. The van der Waals surface area contributed by atoms with Crippen LogP contribution in [0.3, 0.4) is 0 Å². The quantitative estimate of drug-likeness (QED) is 0.576. The van der Waals surface area contributed by atoms with Gasteiger partial charge in [-0.1, -0.05) is 12.1 Å². The molecular formula is C11H12N2O3. The van der Waals surface area contributed by atoms with Gasteiger partial charge in [0.2, 0.25) is 0 Å². The Hall–Kier alpha value is -2.04. The van der Waals surface area contributed by atoms with Gasteiger partial charge in [-0.2, -0.15) is 0 Å². The predicted octanol–water partition coefficient (Wildman–Crippen LogP) is 0.966. The number of rotatable bonds is 2. The van der Waals surface area contributed by atoms with Gasteiger partial charge in [-0.3, -0.25) is 4.79 Å². The van der Waals surface area contributed by atoms with Crippen LogP contribution in [0.4, 0.5) is 4.79 Å². The highest BCUT2D eigenvalue weighted by molar-refractivity contribution is 5.76. The topological polar surface area (TPSA) is 67.4 Å². The number of benzene rings is 1. The normalized spacial score (nSPS) is 18.8. The lowest BCUT2D eigenvalue weighted by molar-refractivity contribution is -0.131. The van der Waals surface area contributed by atoms with Crippen molar-refractivity contribution in [3.05, 3.63) is 29.8 Å². The van der Waals surface area contributed by atoms with Crippen molar-refractivity contribution in [3.8, 4) is 5.75 Å². The summed E-state index contributed by atoms with van der Waals surface area (Å²) in [6, 6.07) is 6.91. The molecule has 2 rings (SSSR count). The van der Waals surface area contributed by atoms with Gasteiger partial charge in [-0.25, -0.2) is 4.79 Å². The van der Waals surface area contributed by atoms with E-state index in [-0.39, 0.29) is 18.0 Å². The molecule has 0 aromatic heterocycles. The molecule has 5 heteroatoms. The van der Waals surface area contributed by atoms with Crippen LogP contribution in [0.1, 0.15) is 18.5 Å². The average molecular weight is 220 g/mol. The first-order valence-electron chi connectivity index (χ1n) is 4.98. The first kappa shape index (κ1) is 10.5. The largest absolute Gasteiger partial charge is 0.427 e. The molecule has 0 unspecified atom stereocenters. The van der Waals surface area contributed by atoms with Crippen molar-refractivity contribution in [2.45, 2.75) is 13.0 Å². The van der Waals surface area contributed by atoms with Crippen LogP contribution in [0.25, 0.3) is 0 Å². The molecule has 2 N–H and O–H groups in total. The molecule has 1 aromatic carbocycles. The van der Waals surface area contributed by atoms with Gasteiger partial charge >= 0.3 is 12.0 Å². The Balaban J connectivity index is 2.07. The highest BCUT2D eigenvalue weighted by Gasteiger charge is 2.21. The van der Waals surface area contributed by atoms with Crippen molar-refractivity contribution in [1.82, 2.24) is 10.6 Å². The maximum atomic E-state index is 10.9. The fourth-order valence-electron chi connectivity index (χ4n) is 1.59. The third-order valence-corrected chi connectivity index (χ3v) is 2.32. The molecule has 1 atom stereocenters. The Kier molecular flexibility index (Phi) is 2.76. The SMILES string of the molecule is CC(=O)Oc1ccc([C@@H]2CNC(=O)N2)cc1. The first-order chi connectivity index (χ1) is 7.65. The van der Waals surface area contributed by atoms with Gasteiger partial charge in [0.15, 0.2) is 0 Å². The third-order valence-electron chi connectivity index (χ3n) is 2.32. The number of nitrogens with one attached hydrogen (secondary N) is 2. The van der Waals surface area contributed by atoms with Crippen LogP contribution in [-0.4, -0.2) is 18.5 Å². The van der Waals surface area contributed by atoms with E-state index in [0.29, 0.717) is 12.3 Å². The monoisotopic (exact) mass is 220 g/mol. The molecule has 1 aliphatic heterocycles. The van der Waals surface area contributed by atoms with Gasteiger partial charge in [0, 0.05) is 13.5 Å². The van der Waals surface area contributed by atoms with E-state index < -0.39 is 0 Å². The number of esters is 1. The van der Waals surface area contributed by atoms with Crippen LogP contribution in [0.5, 0.6) is 5.75 Å². The molecule has 0 radical (unpaired) electrons. The second-order valence-corrected chi connectivity index (χ2v) is 3.57. The van der Waals surface area contributed by atoms with Crippen LogP contribution in [0.15, 0.2) is 24.3 Å². The highest BCUT2D eigenvalue weighted by Crippen LogP contribution is 2.19. The summed E-state index contributed by atoms with van der Waals surface area (Å²) in [6.45, 7) is 1.93. The lowest BCUT2D eigenvalue weighted by Crippen LogP contribution is -2.21. The Bertz CT molecular complexity index is 414. The summed E-state index contributed by atoms with van der Waals surface area (Å²) in [5.41, 5.74) is 0.981. The number of carbonyl (C=O) groups excluding carboxylic acids is 2. The average Bonchev–Trinajstić information content (AvgIpc) is 2.65. The van der Waals surface area contributed by atoms with Crippen LogP contribution in [0.2, 0.25) is 0 Å². The molecule has 5 nitrogen and oxygen atoms in total. The molecule has 1 aromatic rings. The fraction of sp³-hybridized carbons (Fsp3) is 0.273. The van der Waals surface area contributed by atoms with Crippen molar-refractivity contribution in [2.75, 3.05) is 6.54 Å². The van der Waals surface area contributed by atoms with Crippen molar-refractivity contribution < 1.29 is 14.3 Å². The minimum Gasteiger partial charge on any atom is -0.427 e. The second-order valence-electron chi connectivity index (χ2n) is 3.57. The summed E-state index contributed by atoms with van der Waals surface area (Å²) in [5, 5.41) is 5.45. The summed E-state index contributed by atoms with van der Waals surface area (Å²) >= 11 is 0. The van der Waals surface area contributed by atoms with Gasteiger partial charge in [0.1, 0.15) is 5.75 Å². The van der Waals surface area contributed by atoms with E-state index in [4.69, 9.17) is 4.74 Å². The first-order valence-corrected chi connectivity index (χ1v) is 4.98. The van der Waals surface area contributed by atoms with E-state index in [9.17, 15) is 9.59 Å². The van der Waals surface area contributed by atoms with E-state index in [1.54, 1.807) is 12.1 Å². The maximum absolute atomic E-state index is 10.9. The molecule has 1 heterocycles. The van der Waals surface area contributed by atoms with Gasteiger partial charge in [-0.15, -0.1) is 0 Å². The fourth-order valence-corrected chi connectivity index (χ4v) is 1.59. The molecular weight excluding hydrogens is 208 g/mol. The van der Waals surface area contributed by atoms with E-state index in [2.05, 4.69) is 10.6 Å². The molecule has 0 bridgehead atoms. The van der Waals surface area contributed by atoms with Crippen molar-refractivity contribution in [3.63, 3.8) is 0 Å². The minimum absolute atomic E-state index is 0.0149. The molecule has 1 aliphatic rings. The molecule has 84 valence electrons. The maximum Gasteiger partial charge on any atom is 0.315 e. The number of urea groups is 1. The van der Waals surface area contributed by atoms with Crippen LogP contribution in [0, 0.1) is 0 Å². The summed E-state index contributed by atoms with van der Waals surface area (Å²) in [6.07, 6.45) is 0. The van der Waals surface area contributed by atoms with Gasteiger partial charge < -0.3 is 15.4 Å². The lowest BCUT2D eigenvalue weighted by atomic mass is 10.1. The predicted molar refractivity (Wildman–Crippen MR) is 57.0 cm³/mol. The van der Waals surface area contributed by atoms with E-state index in [1.807, 2.05) is 12.1 Å². The molecule has 16 heavy (non-hydrogen) atoms.